The van der Waals surface area contributed by atoms with Crippen LogP contribution < -0.4 is 21.2 Å². The molecule has 2 amide bonds. The molecule has 0 atom stereocenters. The smallest absolute Gasteiger partial charge is 0.265 e. The third-order valence-electron chi connectivity index (χ3n) is 5.26. The number of carbonyl (C=O) groups excluding carboxylic acids is 2. The topological polar surface area (TPSA) is 46.2 Å². The summed E-state index contributed by atoms with van der Waals surface area (Å²) in [5.74, 6) is -0.656. The van der Waals surface area contributed by atoms with E-state index in [9.17, 15) is 9.59 Å². The standard InChI is InChI=1S/C27H22NO2P/c29-26(28-27(30)22-13-5-1-6-14-22)21-31(23-15-7-2-8-16-23,24-17-9-3-10-18-24)25-19-11-4-12-20-25/h1-20H,21H2/p+1. The Balaban J connectivity index is 1.79. The van der Waals surface area contributed by atoms with E-state index in [1.165, 1.54) is 0 Å². The Morgan fingerprint density at radius 1 is 0.548 bits per heavy atom. The molecule has 31 heavy (non-hydrogen) atoms. The molecule has 152 valence electrons. The number of carbonyl (C=O) groups is 2. The number of hydrogen-bond donors (Lipinski definition) is 1. The van der Waals surface area contributed by atoms with Crippen molar-refractivity contribution >= 4 is 35.0 Å². The van der Waals surface area contributed by atoms with Crippen molar-refractivity contribution in [1.29, 1.82) is 0 Å². The summed E-state index contributed by atoms with van der Waals surface area (Å²) < 4.78 is 0. The fourth-order valence-electron chi connectivity index (χ4n) is 3.81. The Morgan fingerprint density at radius 2 is 0.903 bits per heavy atom. The van der Waals surface area contributed by atoms with Gasteiger partial charge in [0.05, 0.1) is 0 Å². The number of rotatable bonds is 6. The molecule has 0 radical (unpaired) electrons. The van der Waals surface area contributed by atoms with Crippen LogP contribution in [-0.2, 0) is 4.79 Å². The van der Waals surface area contributed by atoms with E-state index in [-0.39, 0.29) is 18.0 Å². The Morgan fingerprint density at radius 3 is 1.29 bits per heavy atom. The van der Waals surface area contributed by atoms with E-state index in [0.29, 0.717) is 5.56 Å². The normalized spacial score (nSPS) is 11.0. The van der Waals surface area contributed by atoms with Gasteiger partial charge in [-0.1, -0.05) is 72.8 Å². The third kappa shape index (κ3) is 4.47. The van der Waals surface area contributed by atoms with E-state index >= 15 is 0 Å². The lowest BCUT2D eigenvalue weighted by Gasteiger charge is -2.27. The maximum atomic E-state index is 13.3. The second kappa shape index (κ2) is 9.51. The Bertz CT molecular complexity index is 1050. The van der Waals surface area contributed by atoms with Gasteiger partial charge in [-0.25, -0.2) is 0 Å². The zero-order valence-electron chi connectivity index (χ0n) is 17.0. The van der Waals surface area contributed by atoms with Crippen LogP contribution in [0.3, 0.4) is 0 Å². The number of benzene rings is 4. The van der Waals surface area contributed by atoms with Gasteiger partial charge in [0, 0.05) is 5.56 Å². The molecule has 0 heterocycles. The van der Waals surface area contributed by atoms with Crippen LogP contribution in [0.1, 0.15) is 10.4 Å². The Hall–Kier alpha value is -3.55. The number of hydrogen-bond acceptors (Lipinski definition) is 2. The first kappa shape index (κ1) is 20.7. The van der Waals surface area contributed by atoms with Crippen LogP contribution in [0.2, 0.25) is 0 Å². The highest BCUT2D eigenvalue weighted by Gasteiger charge is 2.47. The molecule has 3 nitrogen and oxygen atoms in total. The molecule has 4 heteroatoms. The van der Waals surface area contributed by atoms with Gasteiger partial charge in [-0.3, -0.25) is 14.9 Å². The van der Waals surface area contributed by atoms with Gasteiger partial charge in [0.25, 0.3) is 11.8 Å². The first-order chi connectivity index (χ1) is 15.2. The van der Waals surface area contributed by atoms with Gasteiger partial charge in [-0.15, -0.1) is 0 Å². The molecule has 1 N–H and O–H groups in total. The van der Waals surface area contributed by atoms with E-state index in [0.717, 1.165) is 15.9 Å². The van der Waals surface area contributed by atoms with Gasteiger partial charge in [0.2, 0.25) is 0 Å². The average molecular weight is 424 g/mol. The minimum Gasteiger partial charge on any atom is -0.289 e. The summed E-state index contributed by atoms with van der Waals surface area (Å²) in [5.41, 5.74) is 0.471. The van der Waals surface area contributed by atoms with Crippen molar-refractivity contribution in [3.05, 3.63) is 127 Å². The molecule has 0 unspecified atom stereocenters. The van der Waals surface area contributed by atoms with E-state index < -0.39 is 7.26 Å². The first-order valence-electron chi connectivity index (χ1n) is 10.1. The predicted octanol–water partition coefficient (Wildman–Crippen LogP) is 3.94. The minimum atomic E-state index is -2.32. The summed E-state index contributed by atoms with van der Waals surface area (Å²) in [6, 6.07) is 39.3. The van der Waals surface area contributed by atoms with Crippen LogP contribution in [0.5, 0.6) is 0 Å². The van der Waals surface area contributed by atoms with Crippen LogP contribution in [-0.4, -0.2) is 18.0 Å². The summed E-state index contributed by atoms with van der Waals surface area (Å²) in [6.45, 7) is 0. The molecule has 0 aromatic heterocycles. The van der Waals surface area contributed by atoms with Crippen LogP contribution in [0.15, 0.2) is 121 Å². The largest absolute Gasteiger partial charge is 0.289 e. The number of imide groups is 1. The summed E-state index contributed by atoms with van der Waals surface area (Å²) in [7, 11) is -2.32. The van der Waals surface area contributed by atoms with Crippen LogP contribution in [0.4, 0.5) is 0 Å². The van der Waals surface area contributed by atoms with E-state index in [2.05, 4.69) is 41.7 Å². The summed E-state index contributed by atoms with van der Waals surface area (Å²) >= 11 is 0. The second-order valence-electron chi connectivity index (χ2n) is 7.22. The lowest BCUT2D eigenvalue weighted by atomic mass is 10.2. The summed E-state index contributed by atoms with van der Waals surface area (Å²) in [5, 5.41) is 5.93. The molecule has 0 spiro atoms. The maximum absolute atomic E-state index is 13.3. The number of nitrogens with one attached hydrogen (secondary N) is 1. The minimum absolute atomic E-state index is 0.212. The van der Waals surface area contributed by atoms with Crippen molar-refractivity contribution in [3.8, 4) is 0 Å². The molecule has 0 fully saturated rings. The second-order valence-corrected chi connectivity index (χ2v) is 10.7. The maximum Gasteiger partial charge on any atom is 0.265 e. The van der Waals surface area contributed by atoms with E-state index in [1.54, 1.807) is 24.3 Å². The van der Waals surface area contributed by atoms with Crippen molar-refractivity contribution in [2.24, 2.45) is 0 Å². The van der Waals surface area contributed by atoms with Gasteiger partial charge in [-0.05, 0) is 48.5 Å². The molecule has 4 aromatic carbocycles. The molecule has 4 aromatic rings. The highest BCUT2D eigenvalue weighted by atomic mass is 31.2. The van der Waals surface area contributed by atoms with Crippen LogP contribution >= 0.6 is 7.26 Å². The van der Waals surface area contributed by atoms with Crippen molar-refractivity contribution in [2.75, 3.05) is 6.16 Å². The van der Waals surface area contributed by atoms with Crippen molar-refractivity contribution in [3.63, 3.8) is 0 Å². The fourth-order valence-corrected chi connectivity index (χ4v) is 7.81. The van der Waals surface area contributed by atoms with Crippen molar-refractivity contribution < 1.29 is 9.59 Å². The monoisotopic (exact) mass is 424 g/mol. The lowest BCUT2D eigenvalue weighted by molar-refractivity contribution is -0.117. The summed E-state index contributed by atoms with van der Waals surface area (Å²) in [4.78, 5) is 25.9. The van der Waals surface area contributed by atoms with Gasteiger partial charge in [-0.2, -0.15) is 0 Å². The van der Waals surface area contributed by atoms with Gasteiger partial charge in [0.1, 0.15) is 23.2 Å². The lowest BCUT2D eigenvalue weighted by Crippen LogP contribution is -2.41. The first-order valence-corrected chi connectivity index (χ1v) is 12.1. The van der Waals surface area contributed by atoms with Gasteiger partial charge in [0.15, 0.2) is 6.16 Å². The molecule has 4 rings (SSSR count). The molecular formula is C27H23NO2P+. The molecule has 0 aliphatic carbocycles. The molecule has 0 saturated heterocycles. The molecule has 0 saturated carbocycles. The van der Waals surface area contributed by atoms with E-state index in [4.69, 9.17) is 0 Å². The zero-order valence-corrected chi connectivity index (χ0v) is 17.9. The fraction of sp³-hybridized carbons (Fsp3) is 0.0370. The quantitative estimate of drug-likeness (QED) is 0.477. The molecule has 0 aliphatic heterocycles. The molecule has 0 aliphatic rings. The van der Waals surface area contributed by atoms with Crippen molar-refractivity contribution in [2.45, 2.75) is 0 Å². The highest BCUT2D eigenvalue weighted by Crippen LogP contribution is 2.54. The van der Waals surface area contributed by atoms with Crippen LogP contribution in [0, 0.1) is 0 Å². The highest BCUT2D eigenvalue weighted by molar-refractivity contribution is 7.96. The zero-order chi connectivity index (χ0) is 21.5. The third-order valence-corrected chi connectivity index (χ3v) is 9.56. The van der Waals surface area contributed by atoms with Crippen molar-refractivity contribution in [1.82, 2.24) is 5.32 Å². The van der Waals surface area contributed by atoms with Crippen LogP contribution in [0.25, 0.3) is 0 Å². The van der Waals surface area contributed by atoms with Gasteiger partial charge >= 0.3 is 0 Å². The Kier molecular flexibility index (Phi) is 6.35. The molecular weight excluding hydrogens is 401 g/mol. The number of amides is 2. The van der Waals surface area contributed by atoms with E-state index in [1.807, 2.05) is 60.7 Å². The average Bonchev–Trinajstić information content (AvgIpc) is 2.85. The Labute approximate surface area is 183 Å². The predicted molar refractivity (Wildman–Crippen MR) is 129 cm³/mol. The van der Waals surface area contributed by atoms with Gasteiger partial charge < -0.3 is 0 Å². The molecule has 0 bridgehead atoms. The summed E-state index contributed by atoms with van der Waals surface area (Å²) in [6.07, 6.45) is 0.212. The SMILES string of the molecule is O=C(C[P+](c1ccccc1)(c1ccccc1)c1ccccc1)NC(=O)c1ccccc1.